The SMILES string of the molecule is O=C(N1CCN(c2nc(-c3ccccc3)c3cc([N+](=O)[O-])ccc3n2)CC1)C(F)(F)F. The lowest BCUT2D eigenvalue weighted by Crippen LogP contribution is -2.52. The van der Waals surface area contributed by atoms with Crippen molar-refractivity contribution in [2.24, 2.45) is 0 Å². The number of piperazine rings is 1. The van der Waals surface area contributed by atoms with Crippen LogP contribution in [0.4, 0.5) is 24.8 Å². The van der Waals surface area contributed by atoms with Gasteiger partial charge in [0.25, 0.3) is 5.69 Å². The number of amides is 1. The van der Waals surface area contributed by atoms with E-state index in [2.05, 4.69) is 9.97 Å². The quantitative estimate of drug-likeness (QED) is 0.466. The van der Waals surface area contributed by atoms with Gasteiger partial charge in [0.2, 0.25) is 5.95 Å². The van der Waals surface area contributed by atoms with Gasteiger partial charge in [-0.2, -0.15) is 13.2 Å². The molecule has 1 amide bonds. The van der Waals surface area contributed by atoms with E-state index in [1.807, 2.05) is 30.3 Å². The van der Waals surface area contributed by atoms with Gasteiger partial charge in [0.15, 0.2) is 0 Å². The van der Waals surface area contributed by atoms with Gasteiger partial charge < -0.3 is 9.80 Å². The monoisotopic (exact) mass is 431 g/mol. The Labute approximate surface area is 174 Å². The van der Waals surface area contributed by atoms with E-state index in [0.717, 1.165) is 10.5 Å². The number of fused-ring (bicyclic) bond motifs is 1. The van der Waals surface area contributed by atoms with Gasteiger partial charge in [0.05, 0.1) is 16.1 Å². The highest BCUT2D eigenvalue weighted by molar-refractivity contribution is 5.94. The second-order valence-electron chi connectivity index (χ2n) is 6.97. The third-order valence-corrected chi connectivity index (χ3v) is 5.02. The van der Waals surface area contributed by atoms with Gasteiger partial charge in [-0.3, -0.25) is 14.9 Å². The maximum Gasteiger partial charge on any atom is 0.471 e. The minimum Gasteiger partial charge on any atom is -0.337 e. The van der Waals surface area contributed by atoms with E-state index in [1.165, 1.54) is 18.2 Å². The smallest absolute Gasteiger partial charge is 0.337 e. The van der Waals surface area contributed by atoms with Crippen molar-refractivity contribution in [3.8, 4) is 11.3 Å². The van der Waals surface area contributed by atoms with Crippen LogP contribution in [0.1, 0.15) is 0 Å². The molecule has 1 aliphatic rings. The molecule has 4 rings (SSSR count). The van der Waals surface area contributed by atoms with Crippen molar-refractivity contribution >= 4 is 28.4 Å². The van der Waals surface area contributed by atoms with Crippen molar-refractivity contribution < 1.29 is 22.9 Å². The molecule has 0 radical (unpaired) electrons. The van der Waals surface area contributed by atoms with Crippen LogP contribution in [0, 0.1) is 10.1 Å². The molecule has 1 aromatic heterocycles. The number of carbonyl (C=O) groups excluding carboxylic acids is 1. The summed E-state index contributed by atoms with van der Waals surface area (Å²) in [5.74, 6) is -1.57. The van der Waals surface area contributed by atoms with Crippen molar-refractivity contribution in [1.82, 2.24) is 14.9 Å². The van der Waals surface area contributed by atoms with E-state index in [4.69, 9.17) is 0 Å². The molecular weight excluding hydrogens is 415 g/mol. The lowest BCUT2D eigenvalue weighted by Gasteiger charge is -2.35. The number of nitrogens with zero attached hydrogens (tertiary/aromatic N) is 5. The van der Waals surface area contributed by atoms with Crippen molar-refractivity contribution in [2.45, 2.75) is 6.18 Å². The Hall–Kier alpha value is -3.76. The third kappa shape index (κ3) is 4.11. The van der Waals surface area contributed by atoms with Crippen LogP contribution in [0.15, 0.2) is 48.5 Å². The van der Waals surface area contributed by atoms with Gasteiger partial charge in [-0.15, -0.1) is 0 Å². The summed E-state index contributed by atoms with van der Waals surface area (Å²) in [5, 5.41) is 11.7. The highest BCUT2D eigenvalue weighted by Crippen LogP contribution is 2.31. The van der Waals surface area contributed by atoms with Crippen LogP contribution in [-0.2, 0) is 4.79 Å². The summed E-state index contributed by atoms with van der Waals surface area (Å²) in [6.45, 7) is 0.0461. The summed E-state index contributed by atoms with van der Waals surface area (Å²) in [6.07, 6.45) is -4.91. The molecule has 8 nitrogen and oxygen atoms in total. The third-order valence-electron chi connectivity index (χ3n) is 5.02. The fourth-order valence-electron chi connectivity index (χ4n) is 3.46. The Morgan fingerprint density at radius 3 is 2.29 bits per heavy atom. The number of anilines is 1. The molecule has 31 heavy (non-hydrogen) atoms. The minimum absolute atomic E-state index is 0.0969. The van der Waals surface area contributed by atoms with Gasteiger partial charge in [0, 0.05) is 49.3 Å². The largest absolute Gasteiger partial charge is 0.471 e. The zero-order valence-electron chi connectivity index (χ0n) is 16.0. The molecule has 160 valence electrons. The number of rotatable bonds is 3. The number of benzene rings is 2. The van der Waals surface area contributed by atoms with E-state index in [1.54, 1.807) is 4.90 Å². The first-order chi connectivity index (χ1) is 14.7. The summed E-state index contributed by atoms with van der Waals surface area (Å²) in [4.78, 5) is 33.7. The van der Waals surface area contributed by atoms with E-state index in [0.29, 0.717) is 22.5 Å². The lowest BCUT2D eigenvalue weighted by atomic mass is 10.1. The van der Waals surface area contributed by atoms with Crippen molar-refractivity contribution in [1.29, 1.82) is 0 Å². The number of non-ortho nitro benzene ring substituents is 1. The highest BCUT2D eigenvalue weighted by Gasteiger charge is 2.43. The molecule has 11 heteroatoms. The molecule has 0 atom stereocenters. The molecule has 0 spiro atoms. The molecular formula is C20H16F3N5O3. The maximum atomic E-state index is 12.7. The Kier molecular flexibility index (Phi) is 5.17. The molecule has 3 aromatic rings. The van der Waals surface area contributed by atoms with Gasteiger partial charge in [-0.05, 0) is 6.07 Å². The van der Waals surface area contributed by atoms with Crippen LogP contribution < -0.4 is 4.90 Å². The second kappa shape index (κ2) is 7.82. The van der Waals surface area contributed by atoms with Gasteiger partial charge in [-0.1, -0.05) is 30.3 Å². The Morgan fingerprint density at radius 1 is 1.00 bits per heavy atom. The normalized spacial score (nSPS) is 14.7. The summed E-state index contributed by atoms with van der Waals surface area (Å²) >= 11 is 0. The Morgan fingerprint density at radius 2 is 1.68 bits per heavy atom. The predicted molar refractivity (Wildman–Crippen MR) is 106 cm³/mol. The highest BCUT2D eigenvalue weighted by atomic mass is 19.4. The summed E-state index contributed by atoms with van der Waals surface area (Å²) in [5.41, 5.74) is 1.59. The number of alkyl halides is 3. The summed E-state index contributed by atoms with van der Waals surface area (Å²) < 4.78 is 38.0. The van der Waals surface area contributed by atoms with E-state index < -0.39 is 17.0 Å². The first-order valence-corrected chi connectivity index (χ1v) is 9.37. The number of carbonyl (C=O) groups is 1. The van der Waals surface area contributed by atoms with Crippen LogP contribution in [0.25, 0.3) is 22.2 Å². The van der Waals surface area contributed by atoms with Gasteiger partial charge >= 0.3 is 12.1 Å². The van der Waals surface area contributed by atoms with Crippen LogP contribution in [-0.4, -0.2) is 58.1 Å². The molecule has 1 aliphatic heterocycles. The Balaban J connectivity index is 1.71. The van der Waals surface area contributed by atoms with E-state index in [9.17, 15) is 28.1 Å². The van der Waals surface area contributed by atoms with Gasteiger partial charge in [-0.25, -0.2) is 9.97 Å². The molecule has 2 aromatic carbocycles. The molecule has 2 heterocycles. The topological polar surface area (TPSA) is 92.5 Å². The summed E-state index contributed by atoms with van der Waals surface area (Å²) in [6, 6.07) is 13.3. The standard InChI is InChI=1S/C20H16F3N5O3/c21-20(22,23)18(29)26-8-10-27(11-9-26)19-24-16-7-6-14(28(30)31)12-15(16)17(25-19)13-4-2-1-3-5-13/h1-7,12H,8-11H2. The predicted octanol–water partition coefficient (Wildman–Crippen LogP) is 3.42. The zero-order chi connectivity index (χ0) is 22.2. The van der Waals surface area contributed by atoms with E-state index >= 15 is 0 Å². The molecule has 0 unspecified atom stereocenters. The van der Waals surface area contributed by atoms with Crippen molar-refractivity contribution in [3.63, 3.8) is 0 Å². The Bertz CT molecular complexity index is 1150. The fraction of sp³-hybridized carbons (Fsp3) is 0.250. The van der Waals surface area contributed by atoms with Crippen molar-refractivity contribution in [2.75, 3.05) is 31.1 Å². The number of hydrogen-bond acceptors (Lipinski definition) is 6. The molecule has 0 bridgehead atoms. The average molecular weight is 431 g/mol. The minimum atomic E-state index is -4.91. The van der Waals surface area contributed by atoms with Crippen LogP contribution in [0.3, 0.4) is 0 Å². The molecule has 0 aliphatic carbocycles. The van der Waals surface area contributed by atoms with Crippen LogP contribution in [0.2, 0.25) is 0 Å². The number of halogens is 3. The molecule has 0 N–H and O–H groups in total. The summed E-state index contributed by atoms with van der Waals surface area (Å²) in [7, 11) is 0. The zero-order valence-corrected chi connectivity index (χ0v) is 16.0. The first-order valence-electron chi connectivity index (χ1n) is 9.37. The number of aromatic nitrogens is 2. The number of hydrogen-bond donors (Lipinski definition) is 0. The molecule has 0 saturated carbocycles. The molecule has 1 saturated heterocycles. The fourth-order valence-corrected chi connectivity index (χ4v) is 3.46. The number of nitro benzene ring substituents is 1. The van der Waals surface area contributed by atoms with Gasteiger partial charge in [0.1, 0.15) is 0 Å². The number of nitro groups is 1. The van der Waals surface area contributed by atoms with Crippen LogP contribution in [0.5, 0.6) is 0 Å². The van der Waals surface area contributed by atoms with E-state index in [-0.39, 0.29) is 31.9 Å². The lowest BCUT2D eigenvalue weighted by molar-refractivity contribution is -0.384. The molecule has 1 fully saturated rings. The second-order valence-corrected chi connectivity index (χ2v) is 6.97. The maximum absolute atomic E-state index is 12.7. The first kappa shape index (κ1) is 20.5. The van der Waals surface area contributed by atoms with Crippen LogP contribution >= 0.6 is 0 Å². The van der Waals surface area contributed by atoms with Crippen molar-refractivity contribution in [3.05, 3.63) is 58.6 Å². The average Bonchev–Trinajstić information content (AvgIpc) is 2.77.